The van der Waals surface area contributed by atoms with Crippen molar-refractivity contribution in [2.75, 3.05) is 13.2 Å². The maximum absolute atomic E-state index is 12.3. The Labute approximate surface area is 146 Å². The molecule has 0 aromatic carbocycles. The van der Waals surface area contributed by atoms with Gasteiger partial charge in [-0.05, 0) is 26.3 Å². The van der Waals surface area contributed by atoms with Crippen molar-refractivity contribution in [2.45, 2.75) is 45.3 Å². The van der Waals surface area contributed by atoms with Crippen LogP contribution < -0.4 is 10.1 Å². The Hall–Kier alpha value is -2.41. The highest BCUT2D eigenvalue weighted by Crippen LogP contribution is 2.17. The summed E-state index contributed by atoms with van der Waals surface area (Å²) in [5.41, 5.74) is 1.83. The number of carbonyl (C=O) groups excluding carboxylic acids is 1. The molecule has 2 aromatic rings. The van der Waals surface area contributed by atoms with Crippen LogP contribution in [0.15, 0.2) is 28.9 Å². The van der Waals surface area contributed by atoms with Crippen molar-refractivity contribution in [3.8, 4) is 5.88 Å². The van der Waals surface area contributed by atoms with Gasteiger partial charge in [0.2, 0.25) is 11.8 Å². The molecule has 25 heavy (non-hydrogen) atoms. The Kier molecular flexibility index (Phi) is 5.65. The molecule has 1 fully saturated rings. The Bertz CT molecular complexity index is 682. The molecule has 0 spiro atoms. The van der Waals surface area contributed by atoms with E-state index < -0.39 is 0 Å². The van der Waals surface area contributed by atoms with Crippen LogP contribution in [0.25, 0.3) is 0 Å². The van der Waals surface area contributed by atoms with Gasteiger partial charge >= 0.3 is 0 Å². The molecule has 0 saturated carbocycles. The van der Waals surface area contributed by atoms with Gasteiger partial charge in [-0.3, -0.25) is 4.79 Å². The predicted molar refractivity (Wildman–Crippen MR) is 90.3 cm³/mol. The third kappa shape index (κ3) is 4.57. The number of pyridine rings is 1. The molecule has 2 aromatic heterocycles. The molecule has 7 nitrogen and oxygen atoms in total. The highest BCUT2D eigenvalue weighted by molar-refractivity contribution is 5.76. The second-order valence-corrected chi connectivity index (χ2v) is 6.16. The molecule has 0 aliphatic carbocycles. The van der Waals surface area contributed by atoms with Crippen LogP contribution in [0.1, 0.15) is 29.9 Å². The zero-order chi connectivity index (χ0) is 17.6. The van der Waals surface area contributed by atoms with Gasteiger partial charge in [-0.15, -0.1) is 0 Å². The van der Waals surface area contributed by atoms with E-state index in [-0.39, 0.29) is 18.1 Å². The zero-order valence-corrected chi connectivity index (χ0v) is 14.5. The number of hydrogen-bond donors (Lipinski definition) is 1. The summed E-state index contributed by atoms with van der Waals surface area (Å²) < 4.78 is 16.6. The fourth-order valence-corrected chi connectivity index (χ4v) is 2.94. The maximum Gasteiger partial charge on any atom is 0.220 e. The monoisotopic (exact) mass is 345 g/mol. The van der Waals surface area contributed by atoms with E-state index in [9.17, 15) is 4.79 Å². The highest BCUT2D eigenvalue weighted by atomic mass is 16.5. The molecule has 0 bridgehead atoms. The van der Waals surface area contributed by atoms with Crippen LogP contribution in [0, 0.1) is 13.8 Å². The van der Waals surface area contributed by atoms with Gasteiger partial charge in [0.25, 0.3) is 0 Å². The van der Waals surface area contributed by atoms with E-state index in [1.165, 1.54) is 0 Å². The average molecular weight is 345 g/mol. The number of ether oxygens (including phenoxy) is 2. The van der Waals surface area contributed by atoms with Crippen LogP contribution in [0.3, 0.4) is 0 Å². The fourth-order valence-electron chi connectivity index (χ4n) is 2.94. The number of aryl methyl sites for hydroxylation is 2. The van der Waals surface area contributed by atoms with E-state index in [1.54, 1.807) is 6.20 Å². The third-order valence-electron chi connectivity index (χ3n) is 4.33. The van der Waals surface area contributed by atoms with Crippen molar-refractivity contribution in [1.29, 1.82) is 0 Å². The normalized spacial score (nSPS) is 20.2. The number of nitrogens with zero attached hydrogens (tertiary/aromatic N) is 2. The summed E-state index contributed by atoms with van der Waals surface area (Å²) in [7, 11) is 0. The summed E-state index contributed by atoms with van der Waals surface area (Å²) >= 11 is 0. The highest BCUT2D eigenvalue weighted by Gasteiger charge is 2.29. The van der Waals surface area contributed by atoms with Crippen LogP contribution in [0.4, 0.5) is 0 Å². The van der Waals surface area contributed by atoms with Crippen LogP contribution in [0.5, 0.6) is 5.88 Å². The summed E-state index contributed by atoms with van der Waals surface area (Å²) in [4.78, 5) is 16.5. The van der Waals surface area contributed by atoms with E-state index in [1.807, 2.05) is 32.0 Å². The van der Waals surface area contributed by atoms with Crippen molar-refractivity contribution in [1.82, 2.24) is 15.5 Å². The van der Waals surface area contributed by atoms with Gasteiger partial charge in [-0.1, -0.05) is 11.2 Å². The SMILES string of the molecule is Cc1noc(C)c1CCC(=O)N[C@@H]1COCC[C@H]1Oc1ccccn1. The minimum absolute atomic E-state index is 0.0369. The molecule has 134 valence electrons. The first-order chi connectivity index (χ1) is 12.1. The summed E-state index contributed by atoms with van der Waals surface area (Å²) in [6, 6.07) is 5.34. The van der Waals surface area contributed by atoms with Crippen LogP contribution >= 0.6 is 0 Å². The minimum atomic E-state index is -0.187. The first-order valence-electron chi connectivity index (χ1n) is 8.50. The van der Waals surface area contributed by atoms with Crippen molar-refractivity contribution in [3.05, 3.63) is 41.4 Å². The van der Waals surface area contributed by atoms with Crippen LogP contribution in [0.2, 0.25) is 0 Å². The molecule has 1 aliphatic rings. The molecule has 2 atom stereocenters. The second kappa shape index (κ2) is 8.11. The van der Waals surface area contributed by atoms with E-state index in [2.05, 4.69) is 15.5 Å². The third-order valence-corrected chi connectivity index (χ3v) is 4.33. The molecular weight excluding hydrogens is 322 g/mol. The number of rotatable bonds is 6. The summed E-state index contributed by atoms with van der Waals surface area (Å²) in [5, 5.41) is 6.94. The first-order valence-corrected chi connectivity index (χ1v) is 8.50. The Morgan fingerprint density at radius 3 is 3.00 bits per heavy atom. The van der Waals surface area contributed by atoms with Crippen molar-refractivity contribution in [2.24, 2.45) is 0 Å². The lowest BCUT2D eigenvalue weighted by Crippen LogP contribution is -2.52. The summed E-state index contributed by atoms with van der Waals surface area (Å²) in [6.07, 6.45) is 3.23. The molecule has 1 amide bonds. The molecule has 3 rings (SSSR count). The van der Waals surface area contributed by atoms with E-state index in [0.29, 0.717) is 38.4 Å². The maximum atomic E-state index is 12.3. The molecule has 1 aliphatic heterocycles. The van der Waals surface area contributed by atoms with E-state index >= 15 is 0 Å². The van der Waals surface area contributed by atoms with E-state index in [0.717, 1.165) is 17.0 Å². The zero-order valence-electron chi connectivity index (χ0n) is 14.5. The fraction of sp³-hybridized carbons (Fsp3) is 0.500. The van der Waals surface area contributed by atoms with Gasteiger partial charge in [-0.25, -0.2) is 4.98 Å². The number of carbonyl (C=O) groups is 1. The lowest BCUT2D eigenvalue weighted by molar-refractivity contribution is -0.124. The first kappa shape index (κ1) is 17.4. The summed E-state index contributed by atoms with van der Waals surface area (Å²) in [5.74, 6) is 1.29. The Morgan fingerprint density at radius 1 is 1.40 bits per heavy atom. The van der Waals surface area contributed by atoms with Crippen LogP contribution in [-0.4, -0.2) is 41.4 Å². The Balaban J connectivity index is 1.55. The lowest BCUT2D eigenvalue weighted by Gasteiger charge is -2.32. The predicted octanol–water partition coefficient (Wildman–Crippen LogP) is 1.97. The van der Waals surface area contributed by atoms with Gasteiger partial charge < -0.3 is 19.3 Å². The molecule has 1 N–H and O–H groups in total. The van der Waals surface area contributed by atoms with Crippen LogP contribution in [-0.2, 0) is 16.0 Å². The van der Waals surface area contributed by atoms with Gasteiger partial charge in [-0.2, -0.15) is 0 Å². The van der Waals surface area contributed by atoms with Gasteiger partial charge in [0.05, 0.1) is 24.9 Å². The average Bonchev–Trinajstić information content (AvgIpc) is 2.94. The number of aromatic nitrogens is 2. The standard InChI is InChI=1S/C18H23N3O4/c1-12-14(13(2)25-21-12)6-7-17(22)20-15-11-23-10-8-16(15)24-18-5-3-4-9-19-18/h3-5,9,15-16H,6-8,10-11H2,1-2H3,(H,20,22)/t15-,16-/m1/s1. The number of nitrogens with one attached hydrogen (secondary N) is 1. The Morgan fingerprint density at radius 2 is 2.28 bits per heavy atom. The lowest BCUT2D eigenvalue weighted by atomic mass is 10.0. The molecule has 0 radical (unpaired) electrons. The summed E-state index contributed by atoms with van der Waals surface area (Å²) in [6.45, 7) is 4.80. The topological polar surface area (TPSA) is 86.5 Å². The second-order valence-electron chi connectivity index (χ2n) is 6.16. The molecule has 7 heteroatoms. The van der Waals surface area contributed by atoms with Crippen molar-refractivity contribution in [3.63, 3.8) is 0 Å². The van der Waals surface area contributed by atoms with Gasteiger partial charge in [0.1, 0.15) is 11.9 Å². The van der Waals surface area contributed by atoms with Gasteiger partial charge in [0, 0.05) is 30.7 Å². The van der Waals surface area contributed by atoms with E-state index in [4.69, 9.17) is 14.0 Å². The number of amides is 1. The number of hydrogen-bond acceptors (Lipinski definition) is 6. The largest absolute Gasteiger partial charge is 0.472 e. The molecule has 3 heterocycles. The quantitative estimate of drug-likeness (QED) is 0.861. The van der Waals surface area contributed by atoms with Crippen molar-refractivity contribution >= 4 is 5.91 Å². The van der Waals surface area contributed by atoms with Crippen molar-refractivity contribution < 1.29 is 18.8 Å². The van der Waals surface area contributed by atoms with Gasteiger partial charge in [0.15, 0.2) is 0 Å². The molecular formula is C18H23N3O4. The molecule has 1 saturated heterocycles. The smallest absolute Gasteiger partial charge is 0.220 e. The molecule has 0 unspecified atom stereocenters. The minimum Gasteiger partial charge on any atom is -0.472 e.